The van der Waals surface area contributed by atoms with Crippen LogP contribution in [0.5, 0.6) is 0 Å². The molecule has 5 aromatic heterocycles. The van der Waals surface area contributed by atoms with Crippen LogP contribution in [0.4, 0.5) is 5.69 Å². The van der Waals surface area contributed by atoms with E-state index in [1.807, 2.05) is 18.5 Å². The second-order valence-corrected chi connectivity index (χ2v) is 13.4. The van der Waals surface area contributed by atoms with Gasteiger partial charge in [-0.3, -0.25) is 4.98 Å². The lowest BCUT2D eigenvalue weighted by atomic mass is 9.69. The molecule has 0 aliphatic carbocycles. The summed E-state index contributed by atoms with van der Waals surface area (Å²) >= 11 is 0. The summed E-state index contributed by atoms with van der Waals surface area (Å²) in [5, 5.41) is 15.4. The molecule has 3 aliphatic heterocycles. The summed E-state index contributed by atoms with van der Waals surface area (Å²) < 4.78 is 0. The van der Waals surface area contributed by atoms with Crippen molar-refractivity contribution in [2.75, 3.05) is 11.9 Å². The van der Waals surface area contributed by atoms with Crippen molar-refractivity contribution in [1.82, 2.24) is 35.6 Å². The Hall–Kier alpha value is -5.60. The van der Waals surface area contributed by atoms with Crippen LogP contribution in [0.2, 0.25) is 0 Å². The van der Waals surface area contributed by atoms with Gasteiger partial charge in [0.2, 0.25) is 0 Å². The number of fused-ring (bicyclic) bond motifs is 8. The SMILES string of the molecule is CC1(c2ccc3ccc4ccc(-c5c[nH]c6c5NC=CC6)nc4c3n2)CNC2C(c3ccc4ccc5cccnc5c4n3)=CNC21C. The number of allylic oxidation sites excluding steroid dienone is 1. The fourth-order valence-electron chi connectivity index (χ4n) is 7.99. The van der Waals surface area contributed by atoms with Crippen LogP contribution in [-0.2, 0) is 11.8 Å². The van der Waals surface area contributed by atoms with Gasteiger partial charge in [0.15, 0.2) is 0 Å². The van der Waals surface area contributed by atoms with Crippen molar-refractivity contribution in [2.45, 2.75) is 37.3 Å². The highest BCUT2D eigenvalue weighted by molar-refractivity contribution is 6.04. The Balaban J connectivity index is 1.05. The molecule has 1 fully saturated rings. The van der Waals surface area contributed by atoms with Crippen LogP contribution in [0, 0.1) is 0 Å². The summed E-state index contributed by atoms with van der Waals surface area (Å²) in [5.41, 5.74) is 10.5. The zero-order valence-electron chi connectivity index (χ0n) is 26.1. The zero-order valence-corrected chi connectivity index (χ0v) is 26.1. The topological polar surface area (TPSA) is 103 Å². The van der Waals surface area contributed by atoms with Crippen LogP contribution in [-0.4, -0.2) is 43.0 Å². The fraction of sp³-hybridized carbons (Fsp3) is 0.179. The van der Waals surface area contributed by atoms with Crippen LogP contribution >= 0.6 is 0 Å². The molecule has 228 valence electrons. The van der Waals surface area contributed by atoms with Crippen molar-refractivity contribution < 1.29 is 0 Å². The smallest absolute Gasteiger partial charge is 0.0972 e. The van der Waals surface area contributed by atoms with E-state index < -0.39 is 0 Å². The second kappa shape index (κ2) is 9.47. The molecule has 4 N–H and O–H groups in total. The lowest BCUT2D eigenvalue weighted by Gasteiger charge is -2.40. The van der Waals surface area contributed by atoms with Gasteiger partial charge in [0.25, 0.3) is 0 Å². The highest BCUT2D eigenvalue weighted by atomic mass is 15.2. The van der Waals surface area contributed by atoms with Gasteiger partial charge in [-0.25, -0.2) is 15.0 Å². The third-order valence-electron chi connectivity index (χ3n) is 10.9. The molecule has 3 unspecified atom stereocenters. The van der Waals surface area contributed by atoms with Crippen LogP contribution in [0.25, 0.3) is 60.4 Å². The molecule has 8 heteroatoms. The molecular weight excluding hydrogens is 580 g/mol. The standard InChI is InChI=1S/C39H32N8/c1-38(21-43-37-27(20-44-39(37,38)2)29-15-12-23-8-7-22-5-3-17-40-32(22)33(23)46-29)31-16-13-25-10-9-24-11-14-28(45-34(24)35(25)47-31)26-19-42-30-6-4-18-41-36(26)30/h3-5,7-20,37,41-44H,6,21H2,1-2H3. The minimum Gasteiger partial charge on any atom is -0.382 e. The number of H-pyrrole nitrogens is 1. The Morgan fingerprint density at radius 3 is 2.26 bits per heavy atom. The van der Waals surface area contributed by atoms with Crippen molar-refractivity contribution in [3.63, 3.8) is 0 Å². The molecule has 3 aliphatic rings. The van der Waals surface area contributed by atoms with E-state index in [1.165, 1.54) is 5.69 Å². The highest BCUT2D eigenvalue weighted by Crippen LogP contribution is 2.48. The monoisotopic (exact) mass is 612 g/mol. The van der Waals surface area contributed by atoms with Gasteiger partial charge in [-0.15, -0.1) is 0 Å². The number of aromatic amines is 1. The molecule has 7 aromatic rings. The number of anilines is 1. The molecule has 0 bridgehead atoms. The van der Waals surface area contributed by atoms with Gasteiger partial charge >= 0.3 is 0 Å². The molecule has 0 spiro atoms. The lowest BCUT2D eigenvalue weighted by Crippen LogP contribution is -2.56. The molecule has 0 radical (unpaired) electrons. The summed E-state index contributed by atoms with van der Waals surface area (Å²) in [7, 11) is 0. The maximum Gasteiger partial charge on any atom is 0.0972 e. The molecule has 2 aromatic carbocycles. The maximum absolute atomic E-state index is 5.42. The number of nitrogens with zero attached hydrogens (tertiary/aromatic N) is 4. The number of hydrogen-bond acceptors (Lipinski definition) is 7. The van der Waals surface area contributed by atoms with Crippen molar-refractivity contribution in [2.24, 2.45) is 0 Å². The average Bonchev–Trinajstić information content (AvgIpc) is 3.78. The van der Waals surface area contributed by atoms with E-state index in [0.29, 0.717) is 0 Å². The summed E-state index contributed by atoms with van der Waals surface area (Å²) in [6.45, 7) is 5.40. The van der Waals surface area contributed by atoms with Gasteiger partial charge in [-0.05, 0) is 37.4 Å². The largest absolute Gasteiger partial charge is 0.382 e. The van der Waals surface area contributed by atoms with Gasteiger partial charge < -0.3 is 20.9 Å². The number of benzene rings is 2. The predicted molar refractivity (Wildman–Crippen MR) is 189 cm³/mol. The Bertz CT molecular complexity index is 2510. The van der Waals surface area contributed by atoms with E-state index in [4.69, 9.17) is 15.0 Å². The predicted octanol–water partition coefficient (Wildman–Crippen LogP) is 6.99. The van der Waals surface area contributed by atoms with Gasteiger partial charge in [0.1, 0.15) is 0 Å². The van der Waals surface area contributed by atoms with Gasteiger partial charge in [0, 0.05) is 75.3 Å². The fourth-order valence-corrected chi connectivity index (χ4v) is 7.99. The zero-order chi connectivity index (χ0) is 31.3. The molecule has 47 heavy (non-hydrogen) atoms. The first-order valence-corrected chi connectivity index (χ1v) is 16.2. The minimum absolute atomic E-state index is 0.0523. The van der Waals surface area contributed by atoms with Gasteiger partial charge in [-0.1, -0.05) is 61.5 Å². The summed E-state index contributed by atoms with van der Waals surface area (Å²) in [5.74, 6) is 0. The quantitative estimate of drug-likeness (QED) is 0.160. The molecule has 8 heterocycles. The number of nitrogens with one attached hydrogen (secondary N) is 4. The van der Waals surface area contributed by atoms with Crippen molar-refractivity contribution in [1.29, 1.82) is 0 Å². The van der Waals surface area contributed by atoms with Crippen LogP contribution in [0.3, 0.4) is 0 Å². The number of hydrogen-bond donors (Lipinski definition) is 4. The molecule has 0 saturated carbocycles. The van der Waals surface area contributed by atoms with E-state index >= 15 is 0 Å². The first-order chi connectivity index (χ1) is 23.0. The normalized spacial score (nSPS) is 23.2. The Morgan fingerprint density at radius 1 is 0.745 bits per heavy atom. The first kappa shape index (κ1) is 26.6. The number of pyridine rings is 4. The highest BCUT2D eigenvalue weighted by Gasteiger charge is 2.59. The minimum atomic E-state index is -0.330. The molecule has 1 saturated heterocycles. The van der Waals surface area contributed by atoms with E-state index in [1.54, 1.807) is 0 Å². The molecule has 10 rings (SSSR count). The second-order valence-electron chi connectivity index (χ2n) is 13.4. The van der Waals surface area contributed by atoms with Crippen molar-refractivity contribution in [3.05, 3.63) is 121 Å². The van der Waals surface area contributed by atoms with Gasteiger partial charge in [-0.2, -0.15) is 0 Å². The number of rotatable bonds is 3. The Kier molecular flexibility index (Phi) is 5.36. The van der Waals surface area contributed by atoms with Crippen LogP contribution in [0.15, 0.2) is 104 Å². The summed E-state index contributed by atoms with van der Waals surface area (Å²) in [6.07, 6.45) is 11.0. The van der Waals surface area contributed by atoms with Crippen LogP contribution in [0.1, 0.15) is 30.9 Å². The lowest BCUT2D eigenvalue weighted by molar-refractivity contribution is 0.278. The van der Waals surface area contributed by atoms with Crippen LogP contribution < -0.4 is 16.0 Å². The first-order valence-electron chi connectivity index (χ1n) is 16.2. The molecule has 8 nitrogen and oxygen atoms in total. The maximum atomic E-state index is 5.42. The van der Waals surface area contributed by atoms with Gasteiger partial charge in [0.05, 0.1) is 56.4 Å². The average molecular weight is 613 g/mol. The molecule has 3 atom stereocenters. The van der Waals surface area contributed by atoms with E-state index in [2.05, 4.69) is 125 Å². The van der Waals surface area contributed by atoms with Crippen molar-refractivity contribution >= 4 is 54.9 Å². The molecule has 0 amide bonds. The summed E-state index contributed by atoms with van der Waals surface area (Å²) in [6, 6.07) is 25.6. The van der Waals surface area contributed by atoms with E-state index in [0.717, 1.165) is 90.5 Å². The third kappa shape index (κ3) is 3.67. The van der Waals surface area contributed by atoms with E-state index in [9.17, 15) is 0 Å². The molecular formula is C39H32N8. The Labute approximate surface area is 271 Å². The summed E-state index contributed by atoms with van der Waals surface area (Å²) in [4.78, 5) is 23.9. The van der Waals surface area contributed by atoms with E-state index in [-0.39, 0.29) is 17.0 Å². The van der Waals surface area contributed by atoms with Crippen molar-refractivity contribution in [3.8, 4) is 11.3 Å². The number of aromatic nitrogens is 5. The third-order valence-corrected chi connectivity index (χ3v) is 10.9. The Morgan fingerprint density at radius 2 is 1.43 bits per heavy atom.